The van der Waals surface area contributed by atoms with Gasteiger partial charge in [0.2, 0.25) is 5.91 Å². The van der Waals surface area contributed by atoms with Gasteiger partial charge in [0.1, 0.15) is 5.82 Å². The zero-order chi connectivity index (χ0) is 19.8. The average Bonchev–Trinajstić information content (AvgIpc) is 3.28. The lowest BCUT2D eigenvalue weighted by molar-refractivity contribution is -0.138. The quantitative estimate of drug-likeness (QED) is 0.793. The second-order valence-corrected chi connectivity index (χ2v) is 8.51. The van der Waals surface area contributed by atoms with Gasteiger partial charge < -0.3 is 20.0 Å². The molecule has 3 atom stereocenters. The van der Waals surface area contributed by atoms with Gasteiger partial charge in [-0.1, -0.05) is 12.1 Å². The minimum Gasteiger partial charge on any atom is -0.335 e. The molecule has 3 aliphatic rings. The van der Waals surface area contributed by atoms with E-state index in [1.165, 1.54) is 6.07 Å². The van der Waals surface area contributed by atoms with E-state index in [0.717, 1.165) is 25.2 Å². The van der Waals surface area contributed by atoms with Crippen molar-refractivity contribution in [1.29, 1.82) is 0 Å². The third-order valence-corrected chi connectivity index (χ3v) is 6.54. The summed E-state index contributed by atoms with van der Waals surface area (Å²) < 4.78 is 13.9. The van der Waals surface area contributed by atoms with Crippen molar-refractivity contribution in [2.75, 3.05) is 46.8 Å². The van der Waals surface area contributed by atoms with Gasteiger partial charge in [0.05, 0.1) is 6.04 Å². The van der Waals surface area contributed by atoms with Crippen LogP contribution in [0, 0.1) is 23.6 Å². The van der Waals surface area contributed by atoms with Crippen molar-refractivity contribution in [1.82, 2.24) is 20.0 Å². The molecule has 0 radical (unpaired) electrons. The highest BCUT2D eigenvalue weighted by molar-refractivity contribution is 5.85. The van der Waals surface area contributed by atoms with Gasteiger partial charge in [-0.3, -0.25) is 4.79 Å². The average molecular weight is 425 g/mol. The number of carbonyl (C=O) groups is 2. The highest BCUT2D eigenvalue weighted by Gasteiger charge is 2.48. The fourth-order valence-corrected chi connectivity index (χ4v) is 5.10. The Morgan fingerprint density at radius 3 is 2.55 bits per heavy atom. The van der Waals surface area contributed by atoms with Crippen molar-refractivity contribution >= 4 is 24.3 Å². The molecule has 29 heavy (non-hydrogen) atoms. The first-order valence-electron chi connectivity index (χ1n) is 10.2. The van der Waals surface area contributed by atoms with E-state index >= 15 is 0 Å². The number of amides is 3. The van der Waals surface area contributed by atoms with E-state index in [2.05, 4.69) is 5.32 Å². The molecule has 4 rings (SSSR count). The largest absolute Gasteiger partial charge is 0.335 e. The molecule has 3 fully saturated rings. The van der Waals surface area contributed by atoms with Gasteiger partial charge in [-0.15, -0.1) is 12.4 Å². The number of hydrogen-bond acceptors (Lipinski definition) is 3. The molecular weight excluding hydrogens is 395 g/mol. The van der Waals surface area contributed by atoms with Gasteiger partial charge in [-0.05, 0) is 36.5 Å². The van der Waals surface area contributed by atoms with E-state index in [9.17, 15) is 14.0 Å². The molecule has 3 aliphatic heterocycles. The third-order valence-electron chi connectivity index (χ3n) is 6.54. The maximum atomic E-state index is 13.9. The summed E-state index contributed by atoms with van der Waals surface area (Å²) in [6, 6.07) is 6.63. The van der Waals surface area contributed by atoms with E-state index in [1.54, 1.807) is 31.1 Å². The molecule has 0 aliphatic carbocycles. The summed E-state index contributed by atoms with van der Waals surface area (Å²) in [6.45, 7) is 3.73. The number of carbonyl (C=O) groups excluding carboxylic acids is 2. The molecular formula is C21H30ClFN4O2. The smallest absolute Gasteiger partial charge is 0.319 e. The topological polar surface area (TPSA) is 55.9 Å². The molecule has 0 spiro atoms. The molecule has 3 saturated heterocycles. The van der Waals surface area contributed by atoms with E-state index in [4.69, 9.17) is 0 Å². The minimum atomic E-state index is -0.255. The summed E-state index contributed by atoms with van der Waals surface area (Å²) in [4.78, 5) is 30.9. The zero-order valence-corrected chi connectivity index (χ0v) is 17.8. The second kappa shape index (κ2) is 8.88. The number of halogens is 2. The fourth-order valence-electron chi connectivity index (χ4n) is 5.10. The standard InChI is InChI=1S/C21H29FN4O2.ClH/c1-24(2)21(28)25-8-6-14(7-9-25)20(27)26-13-16-11-23-12-18(16)19(26)15-4-3-5-17(22)10-15;/h3-5,10,14,16,18-19,23H,6-9,11-13H2,1-2H3;1H/t16-,18-,19+;/m0./s1. The van der Waals surface area contributed by atoms with Crippen molar-refractivity contribution in [2.45, 2.75) is 18.9 Å². The monoisotopic (exact) mass is 424 g/mol. The van der Waals surface area contributed by atoms with Gasteiger partial charge in [0, 0.05) is 58.7 Å². The molecule has 1 aromatic rings. The number of urea groups is 1. The fraction of sp³-hybridized carbons (Fsp3) is 0.619. The van der Waals surface area contributed by atoms with Gasteiger partial charge in [-0.25, -0.2) is 9.18 Å². The highest BCUT2D eigenvalue weighted by Crippen LogP contribution is 2.44. The van der Waals surface area contributed by atoms with Gasteiger partial charge in [-0.2, -0.15) is 0 Å². The molecule has 3 amide bonds. The van der Waals surface area contributed by atoms with Crippen LogP contribution in [-0.4, -0.2) is 73.5 Å². The first kappa shape index (κ1) is 21.8. The summed E-state index contributed by atoms with van der Waals surface area (Å²) in [5.41, 5.74) is 0.893. The number of benzene rings is 1. The maximum Gasteiger partial charge on any atom is 0.319 e. The Morgan fingerprint density at radius 2 is 1.90 bits per heavy atom. The molecule has 0 unspecified atom stereocenters. The van der Waals surface area contributed by atoms with E-state index in [0.29, 0.717) is 37.8 Å². The molecule has 8 heteroatoms. The number of nitrogens with zero attached hydrogens (tertiary/aromatic N) is 3. The Hall–Kier alpha value is -1.86. The van der Waals surface area contributed by atoms with Crippen LogP contribution >= 0.6 is 12.4 Å². The number of piperidine rings is 1. The third kappa shape index (κ3) is 4.21. The van der Waals surface area contributed by atoms with E-state index < -0.39 is 0 Å². The predicted octanol–water partition coefficient (Wildman–Crippen LogP) is 2.36. The van der Waals surface area contributed by atoms with Crippen LogP contribution in [-0.2, 0) is 4.79 Å². The normalized spacial score (nSPS) is 26.8. The number of hydrogen-bond donors (Lipinski definition) is 1. The molecule has 6 nitrogen and oxygen atoms in total. The summed E-state index contributed by atoms with van der Waals surface area (Å²) in [5, 5.41) is 3.43. The van der Waals surface area contributed by atoms with Gasteiger partial charge >= 0.3 is 6.03 Å². The van der Waals surface area contributed by atoms with Crippen LogP contribution in [0.3, 0.4) is 0 Å². The Balaban J connectivity index is 0.00000240. The lowest BCUT2D eigenvalue weighted by Crippen LogP contribution is -2.47. The Kier molecular flexibility index (Phi) is 6.69. The molecule has 0 bridgehead atoms. The molecule has 3 heterocycles. The minimum absolute atomic E-state index is 0. The number of rotatable bonds is 2. The van der Waals surface area contributed by atoms with Crippen LogP contribution in [0.5, 0.6) is 0 Å². The van der Waals surface area contributed by atoms with Crippen LogP contribution in [0.1, 0.15) is 24.4 Å². The highest BCUT2D eigenvalue weighted by atomic mass is 35.5. The van der Waals surface area contributed by atoms with Crippen LogP contribution in [0.15, 0.2) is 24.3 Å². The molecule has 1 aromatic carbocycles. The molecule has 0 saturated carbocycles. The summed E-state index contributed by atoms with van der Waals surface area (Å²) in [7, 11) is 3.50. The molecule has 0 aromatic heterocycles. The van der Waals surface area contributed by atoms with Crippen LogP contribution < -0.4 is 5.32 Å². The first-order chi connectivity index (χ1) is 13.5. The van der Waals surface area contributed by atoms with Crippen LogP contribution in [0.4, 0.5) is 9.18 Å². The number of fused-ring (bicyclic) bond motifs is 1. The van der Waals surface area contributed by atoms with Gasteiger partial charge in [0.25, 0.3) is 0 Å². The van der Waals surface area contributed by atoms with Crippen LogP contribution in [0.25, 0.3) is 0 Å². The van der Waals surface area contributed by atoms with Gasteiger partial charge in [0.15, 0.2) is 0 Å². The SMILES string of the molecule is CN(C)C(=O)N1CCC(C(=O)N2C[C@@H]3CNC[C@@H]3[C@H]2c2cccc(F)c2)CC1.Cl. The van der Waals surface area contributed by atoms with Crippen molar-refractivity contribution in [3.8, 4) is 0 Å². The van der Waals surface area contributed by atoms with Crippen LogP contribution in [0.2, 0.25) is 0 Å². The molecule has 160 valence electrons. The lowest BCUT2D eigenvalue weighted by Gasteiger charge is -2.36. The summed E-state index contributed by atoms with van der Waals surface area (Å²) in [6.07, 6.45) is 1.39. The van der Waals surface area contributed by atoms with Crippen molar-refractivity contribution in [3.05, 3.63) is 35.6 Å². The predicted molar refractivity (Wildman–Crippen MR) is 111 cm³/mol. The maximum absolute atomic E-state index is 13.9. The summed E-state index contributed by atoms with van der Waals surface area (Å²) >= 11 is 0. The summed E-state index contributed by atoms with van der Waals surface area (Å²) in [5.74, 6) is 0.610. The Labute approximate surface area is 177 Å². The van der Waals surface area contributed by atoms with Crippen molar-refractivity contribution in [3.63, 3.8) is 0 Å². The second-order valence-electron chi connectivity index (χ2n) is 8.51. The van der Waals surface area contributed by atoms with E-state index in [1.807, 2.05) is 15.9 Å². The first-order valence-corrected chi connectivity index (χ1v) is 10.2. The Bertz CT molecular complexity index is 754. The lowest BCUT2D eigenvalue weighted by atomic mass is 9.89. The van der Waals surface area contributed by atoms with E-state index in [-0.39, 0.29) is 42.1 Å². The van der Waals surface area contributed by atoms with Crippen molar-refractivity contribution < 1.29 is 14.0 Å². The molecule has 1 N–H and O–H groups in total. The number of nitrogens with one attached hydrogen (secondary N) is 1. The zero-order valence-electron chi connectivity index (χ0n) is 17.0. The number of likely N-dealkylation sites (tertiary alicyclic amines) is 2. The van der Waals surface area contributed by atoms with Crippen molar-refractivity contribution in [2.24, 2.45) is 17.8 Å². The Morgan fingerprint density at radius 1 is 1.17 bits per heavy atom.